The average Bonchev–Trinajstić information content (AvgIpc) is 2.43. The summed E-state index contributed by atoms with van der Waals surface area (Å²) in [6.45, 7) is 6.21. The summed E-state index contributed by atoms with van der Waals surface area (Å²) in [6.07, 6.45) is 1.58. The minimum absolute atomic E-state index is 0. The molecule has 0 spiro atoms. The predicted molar refractivity (Wildman–Crippen MR) is 90.6 cm³/mol. The summed E-state index contributed by atoms with van der Waals surface area (Å²) in [4.78, 5) is 10.3. The normalized spacial score (nSPS) is 21.5. The molecule has 0 saturated carbocycles. The second kappa shape index (κ2) is 7.57. The molecule has 0 amide bonds. The Kier molecular flexibility index (Phi) is 6.52. The molecule has 1 aliphatic rings. The fourth-order valence-corrected chi connectivity index (χ4v) is 4.19. The highest BCUT2D eigenvalue weighted by atomic mass is 35.5. The first-order valence-electron chi connectivity index (χ1n) is 7.23. The fraction of sp³-hybridized carbons (Fsp3) is 0.571. The molecular weight excluding hydrogens is 342 g/mol. The topological polar surface area (TPSA) is 101 Å². The summed E-state index contributed by atoms with van der Waals surface area (Å²) in [6, 6.07) is 2.41. The van der Waals surface area contributed by atoms with Gasteiger partial charge in [-0.25, -0.2) is 13.1 Å². The molecule has 7 nitrogen and oxygen atoms in total. The number of rotatable bonds is 4. The fourth-order valence-electron chi connectivity index (χ4n) is 2.60. The van der Waals surface area contributed by atoms with Gasteiger partial charge in [0.15, 0.2) is 4.90 Å². The molecule has 2 atom stereocenters. The lowest BCUT2D eigenvalue weighted by Crippen LogP contribution is -2.51. The van der Waals surface area contributed by atoms with Crippen LogP contribution in [-0.4, -0.2) is 32.0 Å². The average molecular weight is 364 g/mol. The second-order valence-corrected chi connectivity index (χ2v) is 7.46. The monoisotopic (exact) mass is 363 g/mol. The Labute approximate surface area is 142 Å². The van der Waals surface area contributed by atoms with Crippen molar-refractivity contribution >= 4 is 28.1 Å². The minimum Gasteiger partial charge on any atom is -0.313 e. The van der Waals surface area contributed by atoms with E-state index in [0.29, 0.717) is 17.5 Å². The van der Waals surface area contributed by atoms with E-state index in [4.69, 9.17) is 0 Å². The molecule has 0 aromatic heterocycles. The highest BCUT2D eigenvalue weighted by Gasteiger charge is 2.31. The number of aryl methyl sites for hydroxylation is 2. The van der Waals surface area contributed by atoms with Crippen molar-refractivity contribution in [2.45, 2.75) is 50.6 Å². The maximum Gasteiger partial charge on any atom is 0.289 e. The zero-order valence-corrected chi connectivity index (χ0v) is 15.0. The summed E-state index contributed by atoms with van der Waals surface area (Å²) < 4.78 is 27.8. The molecule has 130 valence electrons. The van der Waals surface area contributed by atoms with Crippen molar-refractivity contribution in [3.63, 3.8) is 0 Å². The van der Waals surface area contributed by atoms with Crippen LogP contribution in [0.2, 0.25) is 0 Å². The molecular formula is C14H22ClN3O4S. The van der Waals surface area contributed by atoms with Crippen molar-refractivity contribution in [2.75, 3.05) is 6.54 Å². The van der Waals surface area contributed by atoms with Gasteiger partial charge in [0, 0.05) is 18.2 Å². The van der Waals surface area contributed by atoms with E-state index in [1.807, 2.05) is 6.92 Å². The van der Waals surface area contributed by atoms with Crippen LogP contribution in [0.3, 0.4) is 0 Å². The maximum atomic E-state index is 12.6. The standard InChI is InChI=1S/C14H21N3O4S.ClH/c1-9-7-13(17(18)19)14(8-10(9)2)22(20,21)16-12-5-4-6-15-11(12)3;/h7-8,11-12,15-16H,4-6H2,1-3H3;1H. The molecule has 23 heavy (non-hydrogen) atoms. The maximum absolute atomic E-state index is 12.6. The number of benzene rings is 1. The molecule has 1 aromatic carbocycles. The molecule has 0 radical (unpaired) electrons. The number of nitrogens with one attached hydrogen (secondary N) is 2. The number of nitro benzene ring substituents is 1. The molecule has 2 N–H and O–H groups in total. The molecule has 0 aliphatic carbocycles. The number of nitro groups is 1. The second-order valence-electron chi connectivity index (χ2n) is 5.77. The van der Waals surface area contributed by atoms with Gasteiger partial charge in [-0.2, -0.15) is 0 Å². The van der Waals surface area contributed by atoms with Gasteiger partial charge < -0.3 is 5.32 Å². The van der Waals surface area contributed by atoms with Crippen molar-refractivity contribution < 1.29 is 13.3 Å². The lowest BCUT2D eigenvalue weighted by molar-refractivity contribution is -0.387. The number of hydrogen-bond donors (Lipinski definition) is 2. The smallest absolute Gasteiger partial charge is 0.289 e. The number of halogens is 1. The summed E-state index contributed by atoms with van der Waals surface area (Å²) in [5, 5.41) is 14.4. The van der Waals surface area contributed by atoms with Gasteiger partial charge in [-0.3, -0.25) is 10.1 Å². The van der Waals surface area contributed by atoms with E-state index in [1.54, 1.807) is 13.8 Å². The third kappa shape index (κ3) is 4.41. The zero-order chi connectivity index (χ0) is 16.5. The third-order valence-electron chi connectivity index (χ3n) is 4.13. The Hall–Kier alpha value is -1.22. The number of hydrogen-bond acceptors (Lipinski definition) is 5. The lowest BCUT2D eigenvalue weighted by Gasteiger charge is -2.30. The van der Waals surface area contributed by atoms with Crippen LogP contribution in [0, 0.1) is 24.0 Å². The Morgan fingerprint density at radius 3 is 2.48 bits per heavy atom. The van der Waals surface area contributed by atoms with Crippen LogP contribution in [0.15, 0.2) is 17.0 Å². The minimum atomic E-state index is -3.94. The van der Waals surface area contributed by atoms with Gasteiger partial charge in [-0.05, 0) is 57.4 Å². The van der Waals surface area contributed by atoms with Crippen LogP contribution in [0.4, 0.5) is 5.69 Å². The first-order valence-corrected chi connectivity index (χ1v) is 8.72. The predicted octanol–water partition coefficient (Wildman–Crippen LogP) is 2.05. The van der Waals surface area contributed by atoms with Crippen LogP contribution >= 0.6 is 12.4 Å². The van der Waals surface area contributed by atoms with E-state index in [9.17, 15) is 18.5 Å². The van der Waals surface area contributed by atoms with Gasteiger partial charge in [-0.1, -0.05) is 0 Å². The molecule has 1 fully saturated rings. The Bertz CT molecular complexity index is 694. The van der Waals surface area contributed by atoms with Crippen molar-refractivity contribution in [3.8, 4) is 0 Å². The highest BCUT2D eigenvalue weighted by Crippen LogP contribution is 2.28. The molecule has 1 aromatic rings. The van der Waals surface area contributed by atoms with Crippen molar-refractivity contribution in [2.24, 2.45) is 0 Å². The zero-order valence-electron chi connectivity index (χ0n) is 13.3. The molecule has 2 rings (SSSR count). The summed E-state index contributed by atoms with van der Waals surface area (Å²) >= 11 is 0. The number of nitrogens with zero attached hydrogens (tertiary/aromatic N) is 1. The third-order valence-corrected chi connectivity index (χ3v) is 5.65. The molecule has 1 saturated heterocycles. The van der Waals surface area contributed by atoms with Crippen molar-refractivity contribution in [3.05, 3.63) is 33.4 Å². The van der Waals surface area contributed by atoms with Gasteiger partial charge in [0.25, 0.3) is 5.69 Å². The van der Waals surface area contributed by atoms with Crippen molar-refractivity contribution in [1.82, 2.24) is 10.0 Å². The summed E-state index contributed by atoms with van der Waals surface area (Å²) in [5.41, 5.74) is 1.02. The Balaban J connectivity index is 0.00000264. The van der Waals surface area contributed by atoms with Crippen LogP contribution in [-0.2, 0) is 10.0 Å². The Morgan fingerprint density at radius 1 is 1.30 bits per heavy atom. The summed E-state index contributed by atoms with van der Waals surface area (Å²) in [7, 11) is -3.94. The first kappa shape index (κ1) is 19.8. The first-order chi connectivity index (χ1) is 10.2. The van der Waals surface area contributed by atoms with E-state index < -0.39 is 14.9 Å². The quantitative estimate of drug-likeness (QED) is 0.629. The largest absolute Gasteiger partial charge is 0.313 e. The van der Waals surface area contributed by atoms with Gasteiger partial charge in [0.1, 0.15) is 0 Å². The molecule has 2 unspecified atom stereocenters. The molecule has 9 heteroatoms. The van der Waals surface area contributed by atoms with Crippen LogP contribution in [0.25, 0.3) is 0 Å². The molecule has 1 heterocycles. The van der Waals surface area contributed by atoms with Gasteiger partial charge in [0.2, 0.25) is 10.0 Å². The van der Waals surface area contributed by atoms with E-state index in [1.165, 1.54) is 12.1 Å². The van der Waals surface area contributed by atoms with Gasteiger partial charge >= 0.3 is 0 Å². The number of sulfonamides is 1. The summed E-state index contributed by atoms with van der Waals surface area (Å²) in [5.74, 6) is 0. The molecule has 1 aliphatic heterocycles. The van der Waals surface area contributed by atoms with Crippen molar-refractivity contribution in [1.29, 1.82) is 0 Å². The lowest BCUT2D eigenvalue weighted by atomic mass is 10.0. The van der Waals surface area contributed by atoms with E-state index in [-0.39, 0.29) is 35.1 Å². The van der Waals surface area contributed by atoms with Crippen LogP contribution in [0.1, 0.15) is 30.9 Å². The molecule has 0 bridgehead atoms. The number of piperidine rings is 1. The SMILES string of the molecule is Cc1cc([N+](=O)[O-])c(S(=O)(=O)NC2CCCNC2C)cc1C.Cl. The van der Waals surface area contributed by atoms with E-state index in [0.717, 1.165) is 13.0 Å². The highest BCUT2D eigenvalue weighted by molar-refractivity contribution is 7.89. The van der Waals surface area contributed by atoms with Crippen LogP contribution < -0.4 is 10.0 Å². The van der Waals surface area contributed by atoms with E-state index >= 15 is 0 Å². The Morgan fingerprint density at radius 2 is 1.91 bits per heavy atom. The van der Waals surface area contributed by atoms with Gasteiger partial charge in [-0.15, -0.1) is 12.4 Å². The van der Waals surface area contributed by atoms with Gasteiger partial charge in [0.05, 0.1) is 4.92 Å². The van der Waals surface area contributed by atoms with E-state index in [2.05, 4.69) is 10.0 Å². The van der Waals surface area contributed by atoms with Crippen LogP contribution in [0.5, 0.6) is 0 Å².